The van der Waals surface area contributed by atoms with Crippen LogP contribution < -0.4 is 0 Å². The monoisotopic (exact) mass is 190 g/mol. The molecule has 0 fully saturated rings. The fourth-order valence-corrected chi connectivity index (χ4v) is 1.42. The van der Waals surface area contributed by atoms with Gasteiger partial charge < -0.3 is 5.11 Å². The van der Waals surface area contributed by atoms with E-state index in [0.717, 1.165) is 5.03 Å². The van der Waals surface area contributed by atoms with Crippen LogP contribution in [0.2, 0.25) is 5.02 Å². The molecule has 0 aliphatic heterocycles. The molecule has 0 atom stereocenters. The molecule has 0 aliphatic carbocycles. The minimum absolute atomic E-state index is 0.130. The van der Waals surface area contributed by atoms with Crippen molar-refractivity contribution in [3.8, 4) is 0 Å². The van der Waals surface area contributed by atoms with Crippen LogP contribution in [0.3, 0.4) is 0 Å². The van der Waals surface area contributed by atoms with E-state index in [0.29, 0.717) is 10.8 Å². The van der Waals surface area contributed by atoms with Crippen LogP contribution in [-0.2, 0) is 0 Å². The van der Waals surface area contributed by atoms with Gasteiger partial charge in [0.2, 0.25) is 0 Å². The van der Waals surface area contributed by atoms with Gasteiger partial charge in [-0.25, -0.2) is 9.97 Å². The number of thioether (sulfide) groups is 1. The number of nitrogens with zero attached hydrogens (tertiary/aromatic N) is 2. The standard InChI is InChI=1S/C6H7ClN2OS/c7-5-3-8-4-9-6(5)11-2-1-10/h3-4,10H,1-2H2. The predicted octanol–water partition coefficient (Wildman–Crippen LogP) is 1.21. The Morgan fingerprint density at radius 2 is 2.45 bits per heavy atom. The van der Waals surface area contributed by atoms with Crippen LogP contribution in [0.1, 0.15) is 0 Å². The van der Waals surface area contributed by atoms with Gasteiger partial charge in [-0.05, 0) is 0 Å². The molecule has 0 saturated heterocycles. The van der Waals surface area contributed by atoms with Gasteiger partial charge in [0.15, 0.2) is 0 Å². The van der Waals surface area contributed by atoms with Crippen molar-refractivity contribution in [3.63, 3.8) is 0 Å². The Hall–Kier alpha value is -0.320. The first-order valence-electron chi connectivity index (χ1n) is 3.03. The Morgan fingerprint density at radius 3 is 3.09 bits per heavy atom. The number of aliphatic hydroxyl groups excluding tert-OH is 1. The summed E-state index contributed by atoms with van der Waals surface area (Å²) < 4.78 is 0. The lowest BCUT2D eigenvalue weighted by molar-refractivity contribution is 0.322. The number of rotatable bonds is 3. The first kappa shape index (κ1) is 8.77. The number of halogens is 1. The molecule has 5 heteroatoms. The zero-order valence-electron chi connectivity index (χ0n) is 5.70. The van der Waals surface area contributed by atoms with E-state index in [1.54, 1.807) is 0 Å². The molecule has 1 N–H and O–H groups in total. The molecule has 0 unspecified atom stereocenters. The summed E-state index contributed by atoms with van der Waals surface area (Å²) in [6.45, 7) is 0.130. The van der Waals surface area contributed by atoms with Crippen molar-refractivity contribution in [1.29, 1.82) is 0 Å². The molecular formula is C6H7ClN2OS. The minimum Gasteiger partial charge on any atom is -0.396 e. The van der Waals surface area contributed by atoms with Gasteiger partial charge in [0, 0.05) is 5.75 Å². The summed E-state index contributed by atoms with van der Waals surface area (Å²) in [5.41, 5.74) is 0. The van der Waals surface area contributed by atoms with Gasteiger partial charge in [0.05, 0.1) is 17.8 Å². The quantitative estimate of drug-likeness (QED) is 0.575. The Balaban J connectivity index is 2.62. The van der Waals surface area contributed by atoms with Crippen molar-refractivity contribution in [1.82, 2.24) is 9.97 Å². The van der Waals surface area contributed by atoms with Crippen molar-refractivity contribution in [3.05, 3.63) is 17.5 Å². The molecule has 11 heavy (non-hydrogen) atoms. The maximum absolute atomic E-state index is 8.51. The van der Waals surface area contributed by atoms with Crippen LogP contribution in [0.25, 0.3) is 0 Å². The molecule has 0 radical (unpaired) electrons. The molecule has 1 rings (SSSR count). The largest absolute Gasteiger partial charge is 0.396 e. The summed E-state index contributed by atoms with van der Waals surface area (Å²) >= 11 is 7.15. The zero-order valence-corrected chi connectivity index (χ0v) is 7.27. The van der Waals surface area contributed by atoms with E-state index in [1.165, 1.54) is 24.3 Å². The first-order chi connectivity index (χ1) is 5.34. The molecule has 0 amide bonds. The van der Waals surface area contributed by atoms with E-state index in [9.17, 15) is 0 Å². The number of hydrogen-bond acceptors (Lipinski definition) is 4. The molecule has 0 spiro atoms. The first-order valence-corrected chi connectivity index (χ1v) is 4.40. The SMILES string of the molecule is OCCSc1ncncc1Cl. The van der Waals surface area contributed by atoms with Gasteiger partial charge in [0.25, 0.3) is 0 Å². The topological polar surface area (TPSA) is 46.0 Å². The highest BCUT2D eigenvalue weighted by Crippen LogP contribution is 2.22. The molecule has 1 aromatic rings. The van der Waals surface area contributed by atoms with Gasteiger partial charge in [-0.3, -0.25) is 0 Å². The molecule has 60 valence electrons. The van der Waals surface area contributed by atoms with Gasteiger partial charge in [-0.2, -0.15) is 0 Å². The van der Waals surface area contributed by atoms with Crippen LogP contribution in [0.5, 0.6) is 0 Å². The Labute approximate surface area is 73.8 Å². The van der Waals surface area contributed by atoms with Crippen LogP contribution in [0.15, 0.2) is 17.6 Å². The summed E-state index contributed by atoms with van der Waals surface area (Å²) in [5, 5.41) is 9.76. The van der Waals surface area contributed by atoms with Crippen molar-refractivity contribution in [2.24, 2.45) is 0 Å². The Bertz CT molecular complexity index is 234. The second-order valence-corrected chi connectivity index (χ2v) is 3.24. The van der Waals surface area contributed by atoms with Crippen LogP contribution >= 0.6 is 23.4 Å². The van der Waals surface area contributed by atoms with Gasteiger partial charge in [-0.15, -0.1) is 11.8 Å². The summed E-state index contributed by atoms with van der Waals surface area (Å²) in [5.74, 6) is 0.608. The van der Waals surface area contributed by atoms with Gasteiger partial charge >= 0.3 is 0 Å². The van der Waals surface area contributed by atoms with E-state index >= 15 is 0 Å². The molecule has 1 heterocycles. The highest BCUT2D eigenvalue weighted by Gasteiger charge is 1.99. The average Bonchev–Trinajstić information content (AvgIpc) is 2.03. The number of hydrogen-bond donors (Lipinski definition) is 1. The molecular weight excluding hydrogens is 184 g/mol. The zero-order chi connectivity index (χ0) is 8.10. The van der Waals surface area contributed by atoms with E-state index in [2.05, 4.69) is 9.97 Å². The van der Waals surface area contributed by atoms with Crippen molar-refractivity contribution < 1.29 is 5.11 Å². The summed E-state index contributed by atoms with van der Waals surface area (Å²) in [4.78, 5) is 7.66. The minimum atomic E-state index is 0.130. The fourth-order valence-electron chi connectivity index (χ4n) is 0.550. The number of aromatic nitrogens is 2. The number of aliphatic hydroxyl groups is 1. The maximum atomic E-state index is 8.51. The summed E-state index contributed by atoms with van der Waals surface area (Å²) in [6.07, 6.45) is 2.97. The van der Waals surface area contributed by atoms with Crippen molar-refractivity contribution in [2.45, 2.75) is 5.03 Å². The van der Waals surface area contributed by atoms with E-state index in [-0.39, 0.29) is 6.61 Å². The molecule has 1 aromatic heterocycles. The smallest absolute Gasteiger partial charge is 0.118 e. The fraction of sp³-hybridized carbons (Fsp3) is 0.333. The van der Waals surface area contributed by atoms with E-state index in [4.69, 9.17) is 16.7 Å². The lowest BCUT2D eigenvalue weighted by Crippen LogP contribution is -1.89. The normalized spacial score (nSPS) is 10.0. The van der Waals surface area contributed by atoms with Gasteiger partial charge in [-0.1, -0.05) is 11.6 Å². The predicted molar refractivity (Wildman–Crippen MR) is 44.9 cm³/mol. The second kappa shape index (κ2) is 4.54. The Kier molecular flexibility index (Phi) is 3.62. The average molecular weight is 191 g/mol. The highest BCUT2D eigenvalue weighted by molar-refractivity contribution is 7.99. The lowest BCUT2D eigenvalue weighted by Gasteiger charge is -1.98. The van der Waals surface area contributed by atoms with Gasteiger partial charge in [0.1, 0.15) is 11.4 Å². The van der Waals surface area contributed by atoms with Crippen LogP contribution in [-0.4, -0.2) is 27.4 Å². The summed E-state index contributed by atoms with van der Waals surface area (Å²) in [6, 6.07) is 0. The third-order valence-electron chi connectivity index (χ3n) is 0.964. The molecule has 3 nitrogen and oxygen atoms in total. The summed E-state index contributed by atoms with van der Waals surface area (Å²) in [7, 11) is 0. The Morgan fingerprint density at radius 1 is 1.64 bits per heavy atom. The third kappa shape index (κ3) is 2.65. The third-order valence-corrected chi connectivity index (χ3v) is 2.34. The lowest BCUT2D eigenvalue weighted by atomic mass is 10.7. The maximum Gasteiger partial charge on any atom is 0.118 e. The molecule has 0 aliphatic rings. The second-order valence-electron chi connectivity index (χ2n) is 1.75. The van der Waals surface area contributed by atoms with E-state index < -0.39 is 0 Å². The molecule has 0 aromatic carbocycles. The van der Waals surface area contributed by atoms with Crippen LogP contribution in [0.4, 0.5) is 0 Å². The van der Waals surface area contributed by atoms with Crippen molar-refractivity contribution in [2.75, 3.05) is 12.4 Å². The molecule has 0 saturated carbocycles. The van der Waals surface area contributed by atoms with Crippen LogP contribution in [0, 0.1) is 0 Å². The van der Waals surface area contributed by atoms with E-state index in [1.807, 2.05) is 0 Å². The highest BCUT2D eigenvalue weighted by atomic mass is 35.5. The van der Waals surface area contributed by atoms with Crippen molar-refractivity contribution >= 4 is 23.4 Å². The molecule has 0 bridgehead atoms.